The molecule has 0 radical (unpaired) electrons. The van der Waals surface area contributed by atoms with Gasteiger partial charge in [0.2, 0.25) is 0 Å². The van der Waals surface area contributed by atoms with Gasteiger partial charge in [-0.2, -0.15) is 0 Å². The summed E-state index contributed by atoms with van der Waals surface area (Å²) < 4.78 is 0. The second-order valence-corrected chi connectivity index (χ2v) is 4.65. The minimum absolute atomic E-state index is 0.606. The van der Waals surface area contributed by atoms with Gasteiger partial charge in [0.25, 0.3) is 0 Å². The highest BCUT2D eigenvalue weighted by molar-refractivity contribution is 5.29. The number of unbranched alkanes of at least 4 members (excludes halogenated alkanes) is 6. The van der Waals surface area contributed by atoms with E-state index in [1.54, 1.807) is 0 Å². The van der Waals surface area contributed by atoms with E-state index >= 15 is 0 Å². The van der Waals surface area contributed by atoms with E-state index in [2.05, 4.69) is 37.2 Å². The molecule has 2 atom stereocenters. The van der Waals surface area contributed by atoms with Crippen LogP contribution in [0.15, 0.2) is 12.7 Å². The Labute approximate surface area is 117 Å². The Morgan fingerprint density at radius 3 is 2.16 bits per heavy atom. The molecule has 0 rings (SSSR count). The van der Waals surface area contributed by atoms with E-state index in [1.807, 2.05) is 0 Å². The number of hydrogen-bond acceptors (Lipinski definition) is 2. The maximum atomic E-state index is 9.59. The Morgan fingerprint density at radius 2 is 1.53 bits per heavy atom. The molecule has 0 aromatic carbocycles. The van der Waals surface area contributed by atoms with Gasteiger partial charge in [-0.1, -0.05) is 69.9 Å². The molecule has 2 N–H and O–H groups in total. The molecule has 0 aliphatic heterocycles. The van der Waals surface area contributed by atoms with Crippen LogP contribution in [-0.2, 0) is 0 Å². The maximum Gasteiger partial charge on any atom is 0.134 e. The Kier molecular flexibility index (Phi) is 12.4. The van der Waals surface area contributed by atoms with Crippen LogP contribution in [0.3, 0.4) is 0 Å². The summed E-state index contributed by atoms with van der Waals surface area (Å²) in [6, 6.07) is 0. The molecule has 0 unspecified atom stereocenters. The lowest BCUT2D eigenvalue weighted by molar-refractivity contribution is 0.217. The topological polar surface area (TPSA) is 40.5 Å². The van der Waals surface area contributed by atoms with Crippen LogP contribution >= 0.6 is 0 Å². The summed E-state index contributed by atoms with van der Waals surface area (Å²) in [5, 5.41) is 18.7. The molecule has 0 aromatic rings. The lowest BCUT2D eigenvalue weighted by atomic mass is 10.1. The van der Waals surface area contributed by atoms with Crippen molar-refractivity contribution in [1.29, 1.82) is 0 Å². The molecular weight excluding hydrogens is 236 g/mol. The fraction of sp³-hybridized carbons (Fsp3) is 0.647. The Morgan fingerprint density at radius 1 is 0.947 bits per heavy atom. The van der Waals surface area contributed by atoms with E-state index < -0.39 is 12.2 Å². The molecule has 0 aliphatic carbocycles. The summed E-state index contributed by atoms with van der Waals surface area (Å²) in [6.07, 6.45) is 9.20. The predicted octanol–water partition coefficient (Wildman–Crippen LogP) is 3.04. The maximum absolute atomic E-state index is 9.59. The van der Waals surface area contributed by atoms with Crippen molar-refractivity contribution in [2.75, 3.05) is 0 Å². The van der Waals surface area contributed by atoms with Gasteiger partial charge in [0.15, 0.2) is 0 Å². The molecule has 0 fully saturated rings. The molecule has 19 heavy (non-hydrogen) atoms. The molecule has 2 nitrogen and oxygen atoms in total. The molecule has 2 heteroatoms. The molecule has 0 amide bonds. The standard InChI is InChI=1S/C17H26O2/c1-3-5-6-7-8-9-10-14-17(19)15-12-11-13-16(18)4-2/h4,16-19H,2-3,5-10,14H2,1H3/t16-,17-/m1/s1. The van der Waals surface area contributed by atoms with E-state index in [9.17, 15) is 5.11 Å². The third kappa shape index (κ3) is 13.0. The van der Waals surface area contributed by atoms with Crippen LogP contribution in [0.25, 0.3) is 0 Å². The molecule has 0 aliphatic rings. The number of aliphatic hydroxyl groups is 2. The van der Waals surface area contributed by atoms with Gasteiger partial charge in [0.1, 0.15) is 12.2 Å². The number of hydrogen-bond donors (Lipinski definition) is 2. The van der Waals surface area contributed by atoms with Crippen LogP contribution < -0.4 is 0 Å². The van der Waals surface area contributed by atoms with Crippen molar-refractivity contribution in [1.82, 2.24) is 0 Å². The van der Waals surface area contributed by atoms with Gasteiger partial charge in [-0.3, -0.25) is 0 Å². The fourth-order valence-corrected chi connectivity index (χ4v) is 1.66. The van der Waals surface area contributed by atoms with Crippen LogP contribution in [0.5, 0.6) is 0 Å². The molecule has 0 aromatic heterocycles. The van der Waals surface area contributed by atoms with E-state index in [0.29, 0.717) is 6.42 Å². The minimum atomic E-state index is -0.838. The van der Waals surface area contributed by atoms with Gasteiger partial charge in [-0.05, 0) is 24.7 Å². The summed E-state index contributed by atoms with van der Waals surface area (Å²) in [5.41, 5.74) is 0. The zero-order valence-corrected chi connectivity index (χ0v) is 12.0. The quantitative estimate of drug-likeness (QED) is 0.381. The van der Waals surface area contributed by atoms with Gasteiger partial charge in [0, 0.05) is 0 Å². The highest BCUT2D eigenvalue weighted by Crippen LogP contribution is 2.09. The molecule has 106 valence electrons. The average molecular weight is 262 g/mol. The Hall–Kier alpha value is -1.22. The van der Waals surface area contributed by atoms with Crippen LogP contribution in [0, 0.1) is 23.7 Å². The second-order valence-electron chi connectivity index (χ2n) is 4.65. The smallest absolute Gasteiger partial charge is 0.134 e. The molecule has 0 spiro atoms. The number of aliphatic hydroxyl groups excluding tert-OH is 2. The average Bonchev–Trinajstić information content (AvgIpc) is 2.42. The fourth-order valence-electron chi connectivity index (χ4n) is 1.66. The number of rotatable bonds is 9. The Bertz CT molecular complexity index is 338. The third-order valence-corrected chi connectivity index (χ3v) is 2.83. The monoisotopic (exact) mass is 262 g/mol. The molecule has 0 saturated carbocycles. The normalized spacial score (nSPS) is 12.6. The summed E-state index contributed by atoms with van der Waals surface area (Å²) >= 11 is 0. The summed E-state index contributed by atoms with van der Waals surface area (Å²) in [6.45, 7) is 5.62. The minimum Gasteiger partial charge on any atom is -0.380 e. The van der Waals surface area contributed by atoms with E-state index in [4.69, 9.17) is 5.11 Å². The van der Waals surface area contributed by atoms with Gasteiger partial charge in [-0.25, -0.2) is 0 Å². The Balaban J connectivity index is 3.58. The highest BCUT2D eigenvalue weighted by Gasteiger charge is 1.98. The highest BCUT2D eigenvalue weighted by atomic mass is 16.3. The SMILES string of the molecule is C=C[C@@H](O)C#CC#C[C@H](O)CCCCCCCCC. The van der Waals surface area contributed by atoms with Crippen molar-refractivity contribution >= 4 is 0 Å². The van der Waals surface area contributed by atoms with Crippen molar-refractivity contribution in [2.24, 2.45) is 0 Å². The second kappa shape index (κ2) is 13.2. The first-order valence-corrected chi connectivity index (χ1v) is 7.20. The predicted molar refractivity (Wildman–Crippen MR) is 80.4 cm³/mol. The van der Waals surface area contributed by atoms with E-state index in [0.717, 1.165) is 12.8 Å². The van der Waals surface area contributed by atoms with Gasteiger partial charge in [0.05, 0.1) is 0 Å². The van der Waals surface area contributed by atoms with Gasteiger partial charge >= 0.3 is 0 Å². The summed E-state index contributed by atoms with van der Waals surface area (Å²) in [4.78, 5) is 0. The zero-order chi connectivity index (χ0) is 14.3. The first-order chi connectivity index (χ1) is 9.20. The molecule has 0 saturated heterocycles. The summed E-state index contributed by atoms with van der Waals surface area (Å²) in [5.74, 6) is 10.2. The van der Waals surface area contributed by atoms with E-state index in [1.165, 1.54) is 38.2 Å². The lowest BCUT2D eigenvalue weighted by Gasteiger charge is -2.03. The van der Waals surface area contributed by atoms with Crippen molar-refractivity contribution in [3.63, 3.8) is 0 Å². The molecule has 0 heterocycles. The first-order valence-electron chi connectivity index (χ1n) is 7.20. The summed E-state index contributed by atoms with van der Waals surface area (Å²) in [7, 11) is 0. The van der Waals surface area contributed by atoms with Crippen LogP contribution in [0.4, 0.5) is 0 Å². The third-order valence-electron chi connectivity index (χ3n) is 2.83. The van der Waals surface area contributed by atoms with Crippen LogP contribution in [-0.4, -0.2) is 22.4 Å². The lowest BCUT2D eigenvalue weighted by Crippen LogP contribution is -2.02. The van der Waals surface area contributed by atoms with Gasteiger partial charge < -0.3 is 10.2 Å². The van der Waals surface area contributed by atoms with Crippen LogP contribution in [0.1, 0.15) is 58.3 Å². The molecule has 0 bridgehead atoms. The van der Waals surface area contributed by atoms with Crippen molar-refractivity contribution in [2.45, 2.75) is 70.5 Å². The van der Waals surface area contributed by atoms with Crippen molar-refractivity contribution < 1.29 is 10.2 Å². The van der Waals surface area contributed by atoms with Crippen molar-refractivity contribution in [3.05, 3.63) is 12.7 Å². The first kappa shape index (κ1) is 17.8. The van der Waals surface area contributed by atoms with E-state index in [-0.39, 0.29) is 0 Å². The zero-order valence-electron chi connectivity index (χ0n) is 12.0. The molecular formula is C17H26O2. The van der Waals surface area contributed by atoms with Gasteiger partial charge in [-0.15, -0.1) is 0 Å². The van der Waals surface area contributed by atoms with Crippen molar-refractivity contribution in [3.8, 4) is 23.7 Å². The van der Waals surface area contributed by atoms with Crippen LogP contribution in [0.2, 0.25) is 0 Å². The largest absolute Gasteiger partial charge is 0.380 e.